The second-order valence-corrected chi connectivity index (χ2v) is 3.54. The number of nitrogens with two attached hydrogens (primary N) is 1. The second-order valence-electron chi connectivity index (χ2n) is 3.54. The Morgan fingerprint density at radius 3 is 2.28 bits per heavy atom. The molecule has 18 heavy (non-hydrogen) atoms. The lowest BCUT2D eigenvalue weighted by molar-refractivity contribution is -0.138. The Balaban J connectivity index is 2.98. The van der Waals surface area contributed by atoms with E-state index < -0.39 is 30.9 Å². The summed E-state index contributed by atoms with van der Waals surface area (Å²) in [7, 11) is 0. The number of hydrogen-bond acceptors (Lipinski definition) is 4. The van der Waals surface area contributed by atoms with Crippen molar-refractivity contribution in [2.45, 2.75) is 0 Å². The number of para-hydroxylation sites is 1. The van der Waals surface area contributed by atoms with E-state index in [1.807, 2.05) is 0 Å². The van der Waals surface area contributed by atoms with Gasteiger partial charge in [-0.2, -0.15) is 0 Å². The van der Waals surface area contributed by atoms with Crippen LogP contribution in [0, 0.1) is 0 Å². The molecule has 4 N–H and O–H groups in total. The van der Waals surface area contributed by atoms with Gasteiger partial charge in [-0.15, -0.1) is 0 Å². The van der Waals surface area contributed by atoms with Gasteiger partial charge in [-0.3, -0.25) is 14.4 Å². The predicted octanol–water partition coefficient (Wildman–Crippen LogP) is -0.596. The van der Waals surface area contributed by atoms with E-state index in [2.05, 4.69) is 0 Å². The number of nitrogens with zero attached hydrogens (tertiary/aromatic N) is 1. The zero-order chi connectivity index (χ0) is 13.7. The Morgan fingerprint density at radius 1 is 1.17 bits per heavy atom. The van der Waals surface area contributed by atoms with Crippen LogP contribution in [-0.4, -0.2) is 46.0 Å². The summed E-state index contributed by atoms with van der Waals surface area (Å²) in [6.45, 7) is -1.20. The topological polar surface area (TPSA) is 121 Å². The lowest BCUT2D eigenvalue weighted by Gasteiger charge is -2.19. The van der Waals surface area contributed by atoms with Crippen LogP contribution >= 0.6 is 0 Å². The van der Waals surface area contributed by atoms with Gasteiger partial charge in [0, 0.05) is 0 Å². The normalized spacial score (nSPS) is 9.78. The maximum absolute atomic E-state index is 11.9. The SMILES string of the molecule is NC(=O)CN(CC(=O)O)C(=O)c1ccccc1O. The number of rotatable bonds is 5. The molecular weight excluding hydrogens is 240 g/mol. The molecule has 0 atom stereocenters. The molecule has 0 heterocycles. The summed E-state index contributed by atoms with van der Waals surface area (Å²) in [6, 6.07) is 5.64. The summed E-state index contributed by atoms with van der Waals surface area (Å²) in [5, 5.41) is 18.1. The molecule has 0 fully saturated rings. The van der Waals surface area contributed by atoms with Crippen molar-refractivity contribution in [1.29, 1.82) is 0 Å². The van der Waals surface area contributed by atoms with Crippen LogP contribution in [0.4, 0.5) is 0 Å². The van der Waals surface area contributed by atoms with E-state index in [1.165, 1.54) is 24.3 Å². The third-order valence-corrected chi connectivity index (χ3v) is 2.09. The molecule has 1 aromatic carbocycles. The van der Waals surface area contributed by atoms with Gasteiger partial charge in [0.25, 0.3) is 5.91 Å². The van der Waals surface area contributed by atoms with E-state index in [0.29, 0.717) is 0 Å². The molecule has 0 unspecified atom stereocenters. The quantitative estimate of drug-likeness (QED) is 0.646. The van der Waals surface area contributed by atoms with Crippen LogP contribution in [0.3, 0.4) is 0 Å². The minimum atomic E-state index is -1.28. The Kier molecular flexibility index (Phi) is 4.25. The van der Waals surface area contributed by atoms with Gasteiger partial charge >= 0.3 is 5.97 Å². The summed E-state index contributed by atoms with van der Waals surface area (Å²) >= 11 is 0. The van der Waals surface area contributed by atoms with Crippen molar-refractivity contribution < 1.29 is 24.6 Å². The summed E-state index contributed by atoms with van der Waals surface area (Å²) < 4.78 is 0. The Bertz CT molecular complexity index is 470. The van der Waals surface area contributed by atoms with Gasteiger partial charge in [-0.1, -0.05) is 12.1 Å². The first-order chi connectivity index (χ1) is 8.41. The Morgan fingerprint density at radius 2 is 1.78 bits per heavy atom. The predicted molar refractivity (Wildman–Crippen MR) is 60.8 cm³/mol. The smallest absolute Gasteiger partial charge is 0.323 e. The maximum atomic E-state index is 11.9. The highest BCUT2D eigenvalue weighted by Gasteiger charge is 2.22. The molecule has 0 spiro atoms. The van der Waals surface area contributed by atoms with E-state index in [1.54, 1.807) is 0 Å². The fourth-order valence-corrected chi connectivity index (χ4v) is 1.38. The third-order valence-electron chi connectivity index (χ3n) is 2.09. The van der Waals surface area contributed by atoms with Crippen LogP contribution in [0.25, 0.3) is 0 Å². The zero-order valence-electron chi connectivity index (χ0n) is 9.37. The van der Waals surface area contributed by atoms with E-state index in [4.69, 9.17) is 10.8 Å². The molecule has 0 saturated heterocycles. The van der Waals surface area contributed by atoms with Crippen LogP contribution in [0.5, 0.6) is 5.75 Å². The van der Waals surface area contributed by atoms with E-state index in [-0.39, 0.29) is 11.3 Å². The largest absolute Gasteiger partial charge is 0.507 e. The highest BCUT2D eigenvalue weighted by atomic mass is 16.4. The number of carboxylic acids is 1. The first-order valence-electron chi connectivity index (χ1n) is 4.99. The molecule has 7 nitrogen and oxygen atoms in total. The average molecular weight is 252 g/mol. The van der Waals surface area contributed by atoms with Crippen molar-refractivity contribution in [3.63, 3.8) is 0 Å². The van der Waals surface area contributed by atoms with Gasteiger partial charge in [0.1, 0.15) is 18.8 Å². The molecule has 7 heteroatoms. The molecule has 0 aliphatic rings. The maximum Gasteiger partial charge on any atom is 0.323 e. The van der Waals surface area contributed by atoms with E-state index in [0.717, 1.165) is 4.90 Å². The molecule has 96 valence electrons. The fraction of sp³-hybridized carbons (Fsp3) is 0.182. The molecule has 0 bridgehead atoms. The first kappa shape index (κ1) is 13.5. The van der Waals surface area contributed by atoms with Crippen LogP contribution in [-0.2, 0) is 9.59 Å². The highest BCUT2D eigenvalue weighted by molar-refractivity contribution is 5.99. The summed E-state index contributed by atoms with van der Waals surface area (Å²) in [5.41, 5.74) is 4.85. The van der Waals surface area contributed by atoms with Crippen molar-refractivity contribution in [1.82, 2.24) is 4.90 Å². The number of phenols is 1. The van der Waals surface area contributed by atoms with Gasteiger partial charge in [-0.05, 0) is 12.1 Å². The number of carbonyl (C=O) groups excluding carboxylic acids is 2. The van der Waals surface area contributed by atoms with Crippen LogP contribution in [0.15, 0.2) is 24.3 Å². The molecule has 1 rings (SSSR count). The van der Waals surface area contributed by atoms with Gasteiger partial charge < -0.3 is 20.8 Å². The monoisotopic (exact) mass is 252 g/mol. The highest BCUT2D eigenvalue weighted by Crippen LogP contribution is 2.17. The number of phenolic OH excluding ortho intramolecular Hbond substituents is 1. The number of hydrogen-bond donors (Lipinski definition) is 3. The molecule has 2 amide bonds. The number of benzene rings is 1. The van der Waals surface area contributed by atoms with E-state index in [9.17, 15) is 19.5 Å². The van der Waals surface area contributed by atoms with Gasteiger partial charge in [0.05, 0.1) is 5.56 Å². The molecule has 0 saturated carbocycles. The minimum absolute atomic E-state index is 0.0833. The molecule has 0 aromatic heterocycles. The van der Waals surface area contributed by atoms with Crippen LogP contribution in [0.1, 0.15) is 10.4 Å². The van der Waals surface area contributed by atoms with Crippen LogP contribution in [0.2, 0.25) is 0 Å². The molecule has 0 radical (unpaired) electrons. The van der Waals surface area contributed by atoms with Gasteiger partial charge in [0.2, 0.25) is 5.91 Å². The first-order valence-corrected chi connectivity index (χ1v) is 4.99. The summed E-state index contributed by atoms with van der Waals surface area (Å²) in [5.74, 6) is -3.17. The summed E-state index contributed by atoms with van der Waals surface area (Å²) in [6.07, 6.45) is 0. The number of carboxylic acid groups (broad SMARTS) is 1. The number of aliphatic carboxylic acids is 1. The van der Waals surface area contributed by atoms with Crippen molar-refractivity contribution in [2.24, 2.45) is 5.73 Å². The fourth-order valence-electron chi connectivity index (χ4n) is 1.38. The average Bonchev–Trinajstić information content (AvgIpc) is 2.26. The van der Waals surface area contributed by atoms with Crippen LogP contribution < -0.4 is 5.73 Å². The molecular formula is C11H12N2O5. The van der Waals surface area contributed by atoms with Crippen molar-refractivity contribution in [2.75, 3.05) is 13.1 Å². The standard InChI is InChI=1S/C11H12N2O5/c12-9(15)5-13(6-10(16)17)11(18)7-3-1-2-4-8(7)14/h1-4,14H,5-6H2,(H2,12,15)(H,16,17). The van der Waals surface area contributed by atoms with Crippen molar-refractivity contribution in [3.8, 4) is 5.75 Å². The second kappa shape index (κ2) is 5.67. The number of primary amides is 1. The Hall–Kier alpha value is -2.57. The molecule has 1 aromatic rings. The van der Waals surface area contributed by atoms with E-state index >= 15 is 0 Å². The lowest BCUT2D eigenvalue weighted by atomic mass is 10.1. The number of aromatic hydroxyl groups is 1. The zero-order valence-corrected chi connectivity index (χ0v) is 9.37. The minimum Gasteiger partial charge on any atom is -0.507 e. The van der Waals surface area contributed by atoms with Gasteiger partial charge in [0.15, 0.2) is 0 Å². The van der Waals surface area contributed by atoms with Gasteiger partial charge in [-0.25, -0.2) is 0 Å². The molecule has 0 aliphatic heterocycles. The van der Waals surface area contributed by atoms with Crippen molar-refractivity contribution in [3.05, 3.63) is 29.8 Å². The summed E-state index contributed by atoms with van der Waals surface area (Å²) in [4.78, 5) is 34.1. The lowest BCUT2D eigenvalue weighted by Crippen LogP contribution is -2.41. The third kappa shape index (κ3) is 3.48. The number of amides is 2. The van der Waals surface area contributed by atoms with Crippen molar-refractivity contribution >= 4 is 17.8 Å². The molecule has 0 aliphatic carbocycles. The Labute approximate surface area is 102 Å². The number of carbonyl (C=O) groups is 3.